The second kappa shape index (κ2) is 10.2. The quantitative estimate of drug-likeness (QED) is 0.560. The normalized spacial score (nSPS) is 16.1. The van der Waals surface area contributed by atoms with Crippen LogP contribution in [0.2, 0.25) is 0 Å². The highest BCUT2D eigenvalue weighted by Gasteiger charge is 2.26. The summed E-state index contributed by atoms with van der Waals surface area (Å²) in [5, 5.41) is 3.05. The molecule has 3 rings (SSSR count). The van der Waals surface area contributed by atoms with Gasteiger partial charge in [-0.25, -0.2) is 4.98 Å². The molecule has 150 valence electrons. The first-order chi connectivity index (χ1) is 13.7. The first-order valence-corrected chi connectivity index (χ1v) is 10.1. The van der Waals surface area contributed by atoms with Crippen LogP contribution in [0.1, 0.15) is 37.4 Å². The van der Waals surface area contributed by atoms with Crippen molar-refractivity contribution in [1.29, 1.82) is 0 Å². The Kier molecular flexibility index (Phi) is 7.37. The number of nitrogens with one attached hydrogen (secondary N) is 1. The molecular formula is C22H29N3O3. The average molecular weight is 383 g/mol. The Bertz CT molecular complexity index is 780. The minimum Gasteiger partial charge on any atom is -0.481 e. The van der Waals surface area contributed by atoms with Crippen molar-refractivity contribution in [1.82, 2.24) is 15.3 Å². The average Bonchev–Trinajstić information content (AvgIpc) is 2.96. The molecule has 2 aromatic rings. The molecule has 0 saturated heterocycles. The van der Waals surface area contributed by atoms with E-state index < -0.39 is 0 Å². The van der Waals surface area contributed by atoms with E-state index in [9.17, 15) is 4.79 Å². The molecule has 0 bridgehead atoms. The molecule has 1 amide bonds. The molecule has 6 nitrogen and oxygen atoms in total. The number of rotatable bonds is 8. The van der Waals surface area contributed by atoms with Gasteiger partial charge >= 0.3 is 0 Å². The minimum atomic E-state index is -0.00817. The van der Waals surface area contributed by atoms with Gasteiger partial charge in [0.25, 0.3) is 0 Å². The van der Waals surface area contributed by atoms with Crippen LogP contribution in [0, 0.1) is 5.92 Å². The van der Waals surface area contributed by atoms with Crippen LogP contribution in [0.3, 0.4) is 0 Å². The number of hydrogen-bond donors (Lipinski definition) is 1. The van der Waals surface area contributed by atoms with Crippen LogP contribution in [-0.4, -0.2) is 42.7 Å². The summed E-state index contributed by atoms with van der Waals surface area (Å²) >= 11 is 0. The maximum atomic E-state index is 12.6. The van der Waals surface area contributed by atoms with Crippen LogP contribution < -0.4 is 10.1 Å². The first-order valence-electron chi connectivity index (χ1n) is 10.1. The Hall–Kier alpha value is -2.47. The summed E-state index contributed by atoms with van der Waals surface area (Å²) in [7, 11) is 1.64. The number of aromatic nitrogens is 2. The van der Waals surface area contributed by atoms with Crippen LogP contribution >= 0.6 is 0 Å². The number of nitrogens with zero attached hydrogens (tertiary/aromatic N) is 2. The maximum Gasteiger partial charge on any atom is 0.223 e. The van der Waals surface area contributed by atoms with E-state index in [4.69, 9.17) is 14.5 Å². The topological polar surface area (TPSA) is 73.3 Å². The third-order valence-corrected chi connectivity index (χ3v) is 5.09. The van der Waals surface area contributed by atoms with Crippen LogP contribution in [0.4, 0.5) is 0 Å². The third-order valence-electron chi connectivity index (χ3n) is 5.09. The van der Waals surface area contributed by atoms with Gasteiger partial charge in [-0.15, -0.1) is 0 Å². The minimum absolute atomic E-state index is 0.00817. The van der Waals surface area contributed by atoms with E-state index in [0.717, 1.165) is 48.9 Å². The Morgan fingerprint density at radius 3 is 2.71 bits per heavy atom. The Balaban J connectivity index is 1.68. The fraction of sp³-hybridized carbons (Fsp3) is 0.500. The number of carbonyl (C=O) groups is 1. The fourth-order valence-electron chi connectivity index (χ4n) is 3.56. The summed E-state index contributed by atoms with van der Waals surface area (Å²) in [5.74, 6) is 1.42. The number of aryl methyl sites for hydroxylation is 1. The van der Waals surface area contributed by atoms with Crippen LogP contribution in [0.15, 0.2) is 30.3 Å². The van der Waals surface area contributed by atoms with Gasteiger partial charge in [0, 0.05) is 36.8 Å². The molecule has 0 fully saturated rings. The smallest absolute Gasteiger partial charge is 0.223 e. The summed E-state index contributed by atoms with van der Waals surface area (Å²) in [6.07, 6.45) is 3.93. The molecule has 1 aliphatic rings. The van der Waals surface area contributed by atoms with Crippen molar-refractivity contribution in [3.05, 3.63) is 41.6 Å². The standard InChI is InChI=1S/C22H29N3O3/c1-3-28-15-7-14-23-21(26)17-10-12-18-19(13-11-17)24-20(25-22(18)27-2)16-8-5-4-6-9-16/h4-6,8-9,17H,3,7,10-15H2,1-2H3,(H,23,26). The van der Waals surface area contributed by atoms with E-state index in [2.05, 4.69) is 10.3 Å². The number of carbonyl (C=O) groups excluding carboxylic acids is 1. The Labute approximate surface area is 166 Å². The van der Waals surface area contributed by atoms with E-state index in [-0.39, 0.29) is 11.8 Å². The first kappa shape index (κ1) is 20.3. The number of methoxy groups -OCH3 is 1. The molecule has 0 saturated carbocycles. The molecule has 1 atom stereocenters. The molecule has 1 N–H and O–H groups in total. The molecular weight excluding hydrogens is 354 g/mol. The van der Waals surface area contributed by atoms with Crippen LogP contribution in [-0.2, 0) is 22.4 Å². The van der Waals surface area contributed by atoms with Crippen LogP contribution in [0.25, 0.3) is 11.4 Å². The van der Waals surface area contributed by atoms with E-state index in [1.54, 1.807) is 7.11 Å². The zero-order chi connectivity index (χ0) is 19.8. The van der Waals surface area contributed by atoms with Crippen molar-refractivity contribution in [3.8, 4) is 17.3 Å². The number of hydrogen-bond acceptors (Lipinski definition) is 5. The molecule has 0 radical (unpaired) electrons. The van der Waals surface area contributed by atoms with Gasteiger partial charge in [-0.05, 0) is 39.0 Å². The van der Waals surface area contributed by atoms with Crippen molar-refractivity contribution in [2.24, 2.45) is 5.92 Å². The Morgan fingerprint density at radius 2 is 1.96 bits per heavy atom. The SMILES string of the molecule is CCOCCCNC(=O)C1CCc2nc(-c3ccccc3)nc(OC)c2CC1. The lowest BCUT2D eigenvalue weighted by Crippen LogP contribution is -2.32. The molecule has 0 spiro atoms. The van der Waals surface area contributed by atoms with Gasteiger partial charge in [0.2, 0.25) is 11.8 Å². The fourth-order valence-corrected chi connectivity index (χ4v) is 3.56. The highest BCUT2D eigenvalue weighted by molar-refractivity contribution is 5.78. The summed E-state index contributed by atoms with van der Waals surface area (Å²) in [5.41, 5.74) is 3.00. The van der Waals surface area contributed by atoms with Gasteiger partial charge in [-0.2, -0.15) is 4.98 Å². The molecule has 1 heterocycles. The second-order valence-corrected chi connectivity index (χ2v) is 6.96. The predicted octanol–water partition coefficient (Wildman–Crippen LogP) is 3.19. The summed E-state index contributed by atoms with van der Waals surface area (Å²) in [6, 6.07) is 9.92. The van der Waals surface area contributed by atoms with Gasteiger partial charge in [-0.1, -0.05) is 30.3 Å². The van der Waals surface area contributed by atoms with Crippen molar-refractivity contribution < 1.29 is 14.3 Å². The maximum absolute atomic E-state index is 12.6. The monoisotopic (exact) mass is 383 g/mol. The highest BCUT2D eigenvalue weighted by Crippen LogP contribution is 2.31. The predicted molar refractivity (Wildman–Crippen MR) is 108 cm³/mol. The Morgan fingerprint density at radius 1 is 1.18 bits per heavy atom. The van der Waals surface area contributed by atoms with Crippen molar-refractivity contribution in [2.75, 3.05) is 26.9 Å². The van der Waals surface area contributed by atoms with Gasteiger partial charge in [-0.3, -0.25) is 4.79 Å². The molecule has 1 aromatic carbocycles. The molecule has 1 unspecified atom stereocenters. The van der Waals surface area contributed by atoms with Gasteiger partial charge < -0.3 is 14.8 Å². The largest absolute Gasteiger partial charge is 0.481 e. The van der Waals surface area contributed by atoms with E-state index in [0.29, 0.717) is 31.5 Å². The van der Waals surface area contributed by atoms with E-state index >= 15 is 0 Å². The van der Waals surface area contributed by atoms with Crippen molar-refractivity contribution in [2.45, 2.75) is 39.0 Å². The number of fused-ring (bicyclic) bond motifs is 1. The number of ether oxygens (including phenoxy) is 2. The zero-order valence-electron chi connectivity index (χ0n) is 16.7. The van der Waals surface area contributed by atoms with Crippen LogP contribution in [0.5, 0.6) is 5.88 Å². The molecule has 1 aliphatic carbocycles. The molecule has 0 aliphatic heterocycles. The molecule has 6 heteroatoms. The van der Waals surface area contributed by atoms with Crippen molar-refractivity contribution >= 4 is 5.91 Å². The lowest BCUT2D eigenvalue weighted by Gasteiger charge is -2.14. The van der Waals surface area contributed by atoms with Gasteiger partial charge in [0.1, 0.15) is 0 Å². The van der Waals surface area contributed by atoms with Gasteiger partial charge in [0.15, 0.2) is 5.82 Å². The lowest BCUT2D eigenvalue weighted by molar-refractivity contribution is -0.125. The van der Waals surface area contributed by atoms with Crippen molar-refractivity contribution in [3.63, 3.8) is 0 Å². The van der Waals surface area contributed by atoms with E-state index in [1.165, 1.54) is 0 Å². The summed E-state index contributed by atoms with van der Waals surface area (Å²) < 4.78 is 10.9. The summed E-state index contributed by atoms with van der Waals surface area (Å²) in [6.45, 7) is 4.02. The number of amides is 1. The second-order valence-electron chi connectivity index (χ2n) is 6.96. The summed E-state index contributed by atoms with van der Waals surface area (Å²) in [4.78, 5) is 22.0. The zero-order valence-corrected chi connectivity index (χ0v) is 16.7. The van der Waals surface area contributed by atoms with Gasteiger partial charge in [0.05, 0.1) is 12.8 Å². The highest BCUT2D eigenvalue weighted by atomic mass is 16.5. The lowest BCUT2D eigenvalue weighted by atomic mass is 9.99. The number of benzene rings is 1. The molecule has 28 heavy (non-hydrogen) atoms. The van der Waals surface area contributed by atoms with E-state index in [1.807, 2.05) is 37.3 Å². The molecule has 1 aromatic heterocycles. The third kappa shape index (κ3) is 5.07.